The van der Waals surface area contributed by atoms with E-state index in [-0.39, 0.29) is 18.4 Å². The van der Waals surface area contributed by atoms with Gasteiger partial charge in [0.1, 0.15) is 36.4 Å². The lowest BCUT2D eigenvalue weighted by Crippen LogP contribution is -2.63. The summed E-state index contributed by atoms with van der Waals surface area (Å²) in [5, 5.41) is 80.4. The highest BCUT2D eigenvalue weighted by molar-refractivity contribution is 5.96. The van der Waals surface area contributed by atoms with Crippen molar-refractivity contribution < 1.29 is 64.5 Å². The Morgan fingerprint density at radius 2 is 1.64 bits per heavy atom. The lowest BCUT2D eigenvalue weighted by Gasteiger charge is -2.32. The summed E-state index contributed by atoms with van der Waals surface area (Å²) in [6.45, 7) is 0.767. The zero-order valence-corrected chi connectivity index (χ0v) is 24.2. The second-order valence-electron chi connectivity index (χ2n) is 10.4. The second kappa shape index (κ2) is 16.0. The third-order valence-corrected chi connectivity index (χ3v) is 7.07. The van der Waals surface area contributed by atoms with Crippen LogP contribution in [0.5, 0.6) is 11.5 Å². The van der Waals surface area contributed by atoms with Gasteiger partial charge in [-0.25, -0.2) is 0 Å². The molecular weight excluding hydrogens is 604 g/mol. The van der Waals surface area contributed by atoms with E-state index in [0.29, 0.717) is 0 Å². The fourth-order valence-corrected chi connectivity index (χ4v) is 4.69. The van der Waals surface area contributed by atoms with Crippen molar-refractivity contribution in [3.05, 3.63) is 23.8 Å². The maximum atomic E-state index is 13.5. The number of likely N-dealkylation sites (N-methyl/N-ethyl adjacent to an activating group) is 1. The number of β-amino-alcohol motifs (C(OH)–C–C–N with tert-alkyl or cyclic N) is 1. The number of hydrogen-bond acceptors (Lipinski definition) is 13. The first-order valence-electron chi connectivity index (χ1n) is 13.6. The van der Waals surface area contributed by atoms with Crippen LogP contribution in [0.4, 0.5) is 0 Å². The van der Waals surface area contributed by atoms with Gasteiger partial charge in [0.15, 0.2) is 11.5 Å². The number of benzene rings is 1. The van der Waals surface area contributed by atoms with Crippen LogP contribution in [0.15, 0.2) is 18.2 Å². The molecule has 250 valence electrons. The average molecular weight is 643 g/mol. The molecule has 4 unspecified atom stereocenters. The molecule has 1 fully saturated rings. The van der Waals surface area contributed by atoms with E-state index in [1.807, 2.05) is 0 Å². The van der Waals surface area contributed by atoms with Crippen molar-refractivity contribution in [1.82, 2.24) is 26.2 Å². The summed E-state index contributed by atoms with van der Waals surface area (Å²) in [6, 6.07) is -4.19. The number of carbonyl (C=O) groups excluding carboxylic acids is 6. The van der Waals surface area contributed by atoms with Gasteiger partial charge in [0, 0.05) is 20.0 Å². The molecule has 1 saturated heterocycles. The number of rotatable bonds is 15. The second-order valence-corrected chi connectivity index (χ2v) is 10.4. The number of nitrogens with zero attached hydrogens (tertiary/aromatic N) is 1. The van der Waals surface area contributed by atoms with E-state index in [4.69, 9.17) is 5.73 Å². The van der Waals surface area contributed by atoms with E-state index in [0.717, 1.165) is 30.1 Å². The quantitative estimate of drug-likeness (QED) is 0.0627. The van der Waals surface area contributed by atoms with Crippen molar-refractivity contribution in [2.45, 2.75) is 74.5 Å². The number of amides is 6. The van der Waals surface area contributed by atoms with Crippen LogP contribution in [0, 0.1) is 0 Å². The van der Waals surface area contributed by atoms with Gasteiger partial charge in [-0.15, -0.1) is 0 Å². The van der Waals surface area contributed by atoms with E-state index < -0.39 is 109 Å². The van der Waals surface area contributed by atoms with Gasteiger partial charge in [-0.1, -0.05) is 6.07 Å². The normalized spacial score (nSPS) is 20.8. The average Bonchev–Trinajstić information content (AvgIpc) is 3.38. The number of aliphatic hydroxyl groups excluding tert-OH is 5. The molecule has 19 nitrogen and oxygen atoms in total. The Morgan fingerprint density at radius 3 is 2.18 bits per heavy atom. The standard InChI is InChI=1S/C26H38N6O13/c1-10(34)18(29-9-33)26(45)32-8-12(35)6-13(32)23(42)31-20(22(41)21(40)11-3-4-14(36)15(37)5-11)25(44)30-19(24(43)28-2)16(38)7-17(27)39/h3-5,9-10,12-13,16,18-22,34-38,40-41H,6-8H2,1-2H3,(H2,27,39)(H,28,43)(H,29,33)(H,30,44)(H,31,42)/t10-,12-,13?,16-,18?,19?,20?,21+,22+/m1/s1. The zero-order chi connectivity index (χ0) is 34.2. The Morgan fingerprint density at radius 1 is 1.00 bits per heavy atom. The van der Waals surface area contributed by atoms with Crippen LogP contribution in [-0.2, 0) is 28.8 Å². The molecule has 0 aromatic heterocycles. The highest BCUT2D eigenvalue weighted by atomic mass is 16.3. The van der Waals surface area contributed by atoms with E-state index in [1.54, 1.807) is 0 Å². The van der Waals surface area contributed by atoms with Crippen LogP contribution in [0.2, 0.25) is 0 Å². The van der Waals surface area contributed by atoms with E-state index >= 15 is 0 Å². The van der Waals surface area contributed by atoms with Gasteiger partial charge in [0.05, 0.1) is 24.7 Å². The highest BCUT2D eigenvalue weighted by Crippen LogP contribution is 2.30. The lowest BCUT2D eigenvalue weighted by atomic mass is 9.96. The molecule has 0 spiro atoms. The first-order valence-corrected chi connectivity index (χ1v) is 13.6. The number of phenols is 2. The first-order chi connectivity index (χ1) is 21.0. The van der Waals surface area contributed by atoms with Crippen LogP contribution in [0.25, 0.3) is 0 Å². The smallest absolute Gasteiger partial charge is 0.248 e. The molecule has 1 aliphatic rings. The molecule has 0 aliphatic carbocycles. The van der Waals surface area contributed by atoms with Crippen LogP contribution in [-0.4, -0.2) is 139 Å². The van der Waals surface area contributed by atoms with E-state index in [1.165, 1.54) is 6.92 Å². The molecule has 2 rings (SSSR count). The molecule has 1 aliphatic heterocycles. The molecular formula is C26H38N6O13. The zero-order valence-electron chi connectivity index (χ0n) is 24.2. The topological polar surface area (TPSA) is 321 Å². The molecule has 0 radical (unpaired) electrons. The minimum Gasteiger partial charge on any atom is -0.504 e. The number of nitrogens with two attached hydrogens (primary N) is 1. The molecule has 45 heavy (non-hydrogen) atoms. The summed E-state index contributed by atoms with van der Waals surface area (Å²) in [4.78, 5) is 75.6. The summed E-state index contributed by atoms with van der Waals surface area (Å²) in [5.74, 6) is -6.84. The van der Waals surface area contributed by atoms with E-state index in [9.17, 15) is 64.5 Å². The van der Waals surface area contributed by atoms with Crippen LogP contribution >= 0.6 is 0 Å². The summed E-state index contributed by atoms with van der Waals surface area (Å²) in [5.41, 5.74) is 4.84. The Kier molecular flexibility index (Phi) is 13.0. The Balaban J connectivity index is 2.48. The number of nitrogens with one attached hydrogen (secondary N) is 4. The molecule has 19 heteroatoms. The monoisotopic (exact) mass is 642 g/mol. The van der Waals surface area contributed by atoms with E-state index in [2.05, 4.69) is 21.3 Å². The Hall–Kier alpha value is -4.56. The molecule has 0 bridgehead atoms. The number of carbonyl (C=O) groups is 6. The molecule has 1 aromatic rings. The number of aliphatic hydroxyl groups is 5. The van der Waals surface area contributed by atoms with Gasteiger partial charge in [-0.3, -0.25) is 28.8 Å². The van der Waals surface area contributed by atoms with Crippen molar-refractivity contribution in [1.29, 1.82) is 0 Å². The fraction of sp³-hybridized carbons (Fsp3) is 0.538. The van der Waals surface area contributed by atoms with Crippen molar-refractivity contribution in [3.63, 3.8) is 0 Å². The van der Waals surface area contributed by atoms with Crippen molar-refractivity contribution >= 4 is 35.9 Å². The third kappa shape index (κ3) is 9.22. The summed E-state index contributed by atoms with van der Waals surface area (Å²) in [7, 11) is 1.14. The number of hydrogen-bond donors (Lipinski definition) is 12. The van der Waals surface area contributed by atoms with Gasteiger partial charge in [-0.05, 0) is 24.6 Å². The van der Waals surface area contributed by atoms with Crippen molar-refractivity contribution in [2.75, 3.05) is 13.6 Å². The van der Waals surface area contributed by atoms with Crippen LogP contribution < -0.4 is 27.0 Å². The minimum absolute atomic E-state index is 0.144. The van der Waals surface area contributed by atoms with Crippen LogP contribution in [0.1, 0.15) is 31.4 Å². The van der Waals surface area contributed by atoms with Gasteiger partial charge < -0.3 is 67.6 Å². The highest BCUT2D eigenvalue weighted by Gasteiger charge is 2.45. The summed E-state index contributed by atoms with van der Waals surface area (Å²) in [6.07, 6.45) is -9.91. The fourth-order valence-electron chi connectivity index (χ4n) is 4.69. The van der Waals surface area contributed by atoms with Gasteiger partial charge in [-0.2, -0.15) is 0 Å². The van der Waals surface area contributed by atoms with Crippen molar-refractivity contribution in [2.24, 2.45) is 5.73 Å². The largest absolute Gasteiger partial charge is 0.504 e. The predicted octanol–water partition coefficient (Wildman–Crippen LogP) is -6.10. The van der Waals surface area contributed by atoms with Crippen LogP contribution in [0.3, 0.4) is 0 Å². The number of primary amides is 1. The molecule has 13 N–H and O–H groups in total. The summed E-state index contributed by atoms with van der Waals surface area (Å²) >= 11 is 0. The molecule has 6 amide bonds. The van der Waals surface area contributed by atoms with Crippen molar-refractivity contribution in [3.8, 4) is 11.5 Å². The first kappa shape index (κ1) is 36.6. The minimum atomic E-state index is -2.27. The number of likely N-dealkylation sites (tertiary alicyclic amines) is 1. The van der Waals surface area contributed by atoms with Gasteiger partial charge >= 0.3 is 0 Å². The van der Waals surface area contributed by atoms with Gasteiger partial charge in [0.2, 0.25) is 35.9 Å². The third-order valence-electron chi connectivity index (χ3n) is 7.07. The summed E-state index contributed by atoms with van der Waals surface area (Å²) < 4.78 is 0. The lowest BCUT2D eigenvalue weighted by molar-refractivity contribution is -0.145. The SMILES string of the molecule is CNC(=O)C(NC(=O)C(NC(=O)C1C[C@@H](O)CN1C(=O)C(NC=O)[C@@H](C)O)[C@H](O)[C@@H](O)c1ccc(O)c(O)c1)[C@H](O)CC(N)=O. The Labute approximate surface area is 256 Å². The Bertz CT molecular complexity index is 1260. The number of aromatic hydroxyl groups is 2. The maximum Gasteiger partial charge on any atom is 0.248 e. The maximum absolute atomic E-state index is 13.5. The number of phenolic OH excluding ortho intramolecular Hbond substituents is 2. The molecule has 1 aromatic carbocycles. The van der Waals surface area contributed by atoms with Gasteiger partial charge in [0.25, 0.3) is 0 Å². The predicted molar refractivity (Wildman–Crippen MR) is 149 cm³/mol. The molecule has 1 heterocycles. The molecule has 0 saturated carbocycles. The molecule has 9 atom stereocenters.